The average molecular weight is 281 g/mol. The molecule has 0 spiro atoms. The highest BCUT2D eigenvalue weighted by Crippen LogP contribution is 2.24. The maximum atomic E-state index is 12.5. The summed E-state index contributed by atoms with van der Waals surface area (Å²) in [5.41, 5.74) is 7.57. The Morgan fingerprint density at radius 3 is 2.62 bits per heavy atom. The van der Waals surface area contributed by atoms with Crippen molar-refractivity contribution in [1.29, 1.82) is 5.26 Å². The summed E-state index contributed by atoms with van der Waals surface area (Å²) in [7, 11) is 3.15. The smallest absolute Gasteiger partial charge is 0.260 e. The Kier molecular flexibility index (Phi) is 4.10. The lowest BCUT2D eigenvalue weighted by atomic mass is 10.1. The SMILES string of the molecule is COc1ccc(C(=O)N(C)c2ccccc2C#N)c(N)c1. The van der Waals surface area contributed by atoms with Gasteiger partial charge in [0.1, 0.15) is 11.8 Å². The van der Waals surface area contributed by atoms with E-state index in [9.17, 15) is 4.79 Å². The highest BCUT2D eigenvalue weighted by atomic mass is 16.5. The molecule has 5 nitrogen and oxygen atoms in total. The molecule has 2 rings (SSSR count). The van der Waals surface area contributed by atoms with Crippen LogP contribution in [0.3, 0.4) is 0 Å². The number of methoxy groups -OCH3 is 1. The molecule has 21 heavy (non-hydrogen) atoms. The molecular formula is C16H15N3O2. The average Bonchev–Trinajstić information content (AvgIpc) is 2.53. The fourth-order valence-electron chi connectivity index (χ4n) is 2.01. The van der Waals surface area contributed by atoms with E-state index in [-0.39, 0.29) is 5.91 Å². The second-order valence-electron chi connectivity index (χ2n) is 4.45. The lowest BCUT2D eigenvalue weighted by molar-refractivity contribution is 0.0994. The lowest BCUT2D eigenvalue weighted by Gasteiger charge is -2.19. The zero-order chi connectivity index (χ0) is 15.4. The zero-order valence-electron chi connectivity index (χ0n) is 11.8. The van der Waals surface area contributed by atoms with Gasteiger partial charge in [-0.05, 0) is 24.3 Å². The molecule has 2 aromatic carbocycles. The Labute approximate surface area is 123 Å². The standard InChI is InChI=1S/C16H15N3O2/c1-19(15-6-4-3-5-11(15)10-17)16(20)13-8-7-12(21-2)9-14(13)18/h3-9H,18H2,1-2H3. The summed E-state index contributed by atoms with van der Waals surface area (Å²) in [5.74, 6) is 0.307. The minimum atomic E-state index is -0.280. The number of para-hydroxylation sites is 1. The van der Waals surface area contributed by atoms with E-state index in [1.807, 2.05) is 0 Å². The van der Waals surface area contributed by atoms with Crippen LogP contribution < -0.4 is 15.4 Å². The van der Waals surface area contributed by atoms with E-state index in [1.54, 1.807) is 49.5 Å². The fourth-order valence-corrected chi connectivity index (χ4v) is 2.01. The van der Waals surface area contributed by atoms with Gasteiger partial charge in [0.15, 0.2) is 0 Å². The number of ether oxygens (including phenoxy) is 1. The minimum Gasteiger partial charge on any atom is -0.497 e. The first-order chi connectivity index (χ1) is 10.1. The molecule has 1 amide bonds. The van der Waals surface area contributed by atoms with E-state index < -0.39 is 0 Å². The van der Waals surface area contributed by atoms with Crippen LogP contribution in [0.4, 0.5) is 11.4 Å². The van der Waals surface area contributed by atoms with Crippen molar-refractivity contribution < 1.29 is 9.53 Å². The van der Waals surface area contributed by atoms with E-state index in [1.165, 1.54) is 12.0 Å². The number of nitrogen functional groups attached to an aromatic ring is 1. The maximum Gasteiger partial charge on any atom is 0.260 e. The number of carbonyl (C=O) groups is 1. The first-order valence-electron chi connectivity index (χ1n) is 6.29. The number of anilines is 2. The van der Waals surface area contributed by atoms with Crippen molar-refractivity contribution in [3.8, 4) is 11.8 Å². The van der Waals surface area contributed by atoms with E-state index in [0.29, 0.717) is 28.3 Å². The molecule has 5 heteroatoms. The maximum absolute atomic E-state index is 12.5. The van der Waals surface area contributed by atoms with Gasteiger partial charge < -0.3 is 15.4 Å². The van der Waals surface area contributed by atoms with Crippen molar-refractivity contribution in [2.24, 2.45) is 0 Å². The molecular weight excluding hydrogens is 266 g/mol. The molecule has 0 aromatic heterocycles. The summed E-state index contributed by atoms with van der Waals surface area (Å²) in [5, 5.41) is 9.11. The van der Waals surface area contributed by atoms with Crippen LogP contribution >= 0.6 is 0 Å². The molecule has 2 N–H and O–H groups in total. The van der Waals surface area contributed by atoms with E-state index >= 15 is 0 Å². The van der Waals surface area contributed by atoms with Crippen molar-refractivity contribution >= 4 is 17.3 Å². The van der Waals surface area contributed by atoms with Crippen molar-refractivity contribution in [2.75, 3.05) is 24.8 Å². The molecule has 0 saturated heterocycles. The number of amides is 1. The van der Waals surface area contributed by atoms with Gasteiger partial charge >= 0.3 is 0 Å². The second kappa shape index (κ2) is 5.97. The number of rotatable bonds is 3. The normalized spacial score (nSPS) is 9.76. The Balaban J connectivity index is 2.38. The third-order valence-electron chi connectivity index (χ3n) is 3.18. The fraction of sp³-hybridized carbons (Fsp3) is 0.125. The monoisotopic (exact) mass is 281 g/mol. The first-order valence-corrected chi connectivity index (χ1v) is 6.29. The van der Waals surface area contributed by atoms with Crippen molar-refractivity contribution in [2.45, 2.75) is 0 Å². The molecule has 0 bridgehead atoms. The number of nitriles is 1. The first kappa shape index (κ1) is 14.4. The summed E-state index contributed by atoms with van der Waals surface area (Å²) in [4.78, 5) is 13.9. The van der Waals surface area contributed by atoms with Crippen LogP contribution in [-0.4, -0.2) is 20.1 Å². The Bertz CT molecular complexity index is 720. The quantitative estimate of drug-likeness (QED) is 0.876. The van der Waals surface area contributed by atoms with Crippen molar-refractivity contribution in [1.82, 2.24) is 0 Å². The van der Waals surface area contributed by atoms with Gasteiger partial charge in [0.25, 0.3) is 5.91 Å². The van der Waals surface area contributed by atoms with Crippen molar-refractivity contribution in [3.63, 3.8) is 0 Å². The molecule has 0 fully saturated rings. The molecule has 2 aromatic rings. The van der Waals surface area contributed by atoms with Gasteiger partial charge in [-0.15, -0.1) is 0 Å². The van der Waals surface area contributed by atoms with Crippen LogP contribution in [0.25, 0.3) is 0 Å². The van der Waals surface area contributed by atoms with Gasteiger partial charge in [-0.1, -0.05) is 12.1 Å². The van der Waals surface area contributed by atoms with Crippen LogP contribution in [0.2, 0.25) is 0 Å². The Morgan fingerprint density at radius 2 is 2.00 bits per heavy atom. The van der Waals surface area contributed by atoms with Crippen LogP contribution in [-0.2, 0) is 0 Å². The molecule has 0 atom stereocenters. The predicted molar refractivity (Wildman–Crippen MR) is 81.3 cm³/mol. The highest BCUT2D eigenvalue weighted by Gasteiger charge is 2.18. The van der Waals surface area contributed by atoms with Gasteiger partial charge in [0, 0.05) is 18.8 Å². The third kappa shape index (κ3) is 2.79. The predicted octanol–water partition coefficient (Wildman–Crippen LogP) is 2.43. The third-order valence-corrected chi connectivity index (χ3v) is 3.18. The summed E-state index contributed by atoms with van der Waals surface area (Å²) in [6.07, 6.45) is 0. The van der Waals surface area contributed by atoms with Gasteiger partial charge in [0.2, 0.25) is 0 Å². The van der Waals surface area contributed by atoms with Gasteiger partial charge in [-0.25, -0.2) is 0 Å². The minimum absolute atomic E-state index is 0.280. The van der Waals surface area contributed by atoms with Crippen LogP contribution in [0.5, 0.6) is 5.75 Å². The van der Waals surface area contributed by atoms with E-state index in [4.69, 9.17) is 15.7 Å². The molecule has 0 aliphatic carbocycles. The highest BCUT2D eigenvalue weighted by molar-refractivity contribution is 6.09. The topological polar surface area (TPSA) is 79.3 Å². The number of benzene rings is 2. The number of hydrogen-bond donors (Lipinski definition) is 1. The Hall–Kier alpha value is -3.00. The molecule has 0 radical (unpaired) electrons. The van der Waals surface area contributed by atoms with E-state index in [2.05, 4.69) is 6.07 Å². The molecule has 0 saturated carbocycles. The molecule has 0 heterocycles. The van der Waals surface area contributed by atoms with E-state index in [0.717, 1.165) is 0 Å². The largest absolute Gasteiger partial charge is 0.497 e. The summed E-state index contributed by atoms with van der Waals surface area (Å²) < 4.78 is 5.06. The number of nitrogens with zero attached hydrogens (tertiary/aromatic N) is 2. The molecule has 0 aliphatic rings. The summed E-state index contributed by atoms with van der Waals surface area (Å²) >= 11 is 0. The summed E-state index contributed by atoms with van der Waals surface area (Å²) in [6, 6.07) is 13.9. The van der Waals surface area contributed by atoms with Crippen LogP contribution in [0.1, 0.15) is 15.9 Å². The number of nitrogens with two attached hydrogens (primary N) is 1. The Morgan fingerprint density at radius 1 is 1.29 bits per heavy atom. The van der Waals surface area contributed by atoms with Gasteiger partial charge in [0.05, 0.1) is 23.9 Å². The lowest BCUT2D eigenvalue weighted by Crippen LogP contribution is -2.27. The molecule has 106 valence electrons. The van der Waals surface area contributed by atoms with Crippen LogP contribution in [0.15, 0.2) is 42.5 Å². The summed E-state index contributed by atoms with van der Waals surface area (Å²) in [6.45, 7) is 0. The number of hydrogen-bond acceptors (Lipinski definition) is 4. The molecule has 0 unspecified atom stereocenters. The van der Waals surface area contributed by atoms with Crippen molar-refractivity contribution in [3.05, 3.63) is 53.6 Å². The van der Waals surface area contributed by atoms with Gasteiger partial charge in [-0.3, -0.25) is 4.79 Å². The second-order valence-corrected chi connectivity index (χ2v) is 4.45. The van der Waals surface area contributed by atoms with Gasteiger partial charge in [-0.2, -0.15) is 5.26 Å². The van der Waals surface area contributed by atoms with Crippen LogP contribution in [0, 0.1) is 11.3 Å². The number of carbonyl (C=O) groups excluding carboxylic acids is 1. The molecule has 0 aliphatic heterocycles. The zero-order valence-corrected chi connectivity index (χ0v) is 11.8.